The zero-order valence-electron chi connectivity index (χ0n) is 10.1. The van der Waals surface area contributed by atoms with Gasteiger partial charge in [-0.05, 0) is 19.3 Å². The van der Waals surface area contributed by atoms with Crippen LogP contribution < -0.4 is 0 Å². The van der Waals surface area contributed by atoms with Crippen LogP contribution in [0.4, 0.5) is 0 Å². The van der Waals surface area contributed by atoms with Crippen molar-refractivity contribution in [3.8, 4) is 0 Å². The third kappa shape index (κ3) is 2.87. The number of sulfonamides is 1. The molecule has 1 amide bonds. The van der Waals surface area contributed by atoms with E-state index in [1.807, 2.05) is 4.90 Å². The average Bonchev–Trinajstić information content (AvgIpc) is 2.78. The number of rotatable bonds is 2. The molecule has 0 atom stereocenters. The lowest BCUT2D eigenvalue weighted by atomic mass is 10.1. The molecular formula is C11H18N2O3S. The second kappa shape index (κ2) is 4.78. The zero-order chi connectivity index (χ0) is 12.5. The van der Waals surface area contributed by atoms with Gasteiger partial charge in [0.2, 0.25) is 10.0 Å². The van der Waals surface area contributed by atoms with Gasteiger partial charge in [0.05, 0.1) is 6.26 Å². The summed E-state index contributed by atoms with van der Waals surface area (Å²) in [5.74, 6) is 0.0100. The lowest BCUT2D eigenvalue weighted by molar-refractivity contribution is -0.128. The number of hydrogen-bond donors (Lipinski definition) is 0. The topological polar surface area (TPSA) is 57.7 Å². The van der Waals surface area contributed by atoms with Crippen LogP contribution >= 0.6 is 0 Å². The summed E-state index contributed by atoms with van der Waals surface area (Å²) in [6.07, 6.45) is 6.19. The van der Waals surface area contributed by atoms with Crippen LogP contribution in [0, 0.1) is 0 Å². The molecule has 0 saturated carbocycles. The van der Waals surface area contributed by atoms with Gasteiger partial charge < -0.3 is 4.90 Å². The maximum Gasteiger partial charge on any atom is 0.250 e. The van der Waals surface area contributed by atoms with E-state index in [9.17, 15) is 13.2 Å². The molecule has 2 aliphatic heterocycles. The zero-order valence-corrected chi connectivity index (χ0v) is 10.9. The third-order valence-corrected chi connectivity index (χ3v) is 4.49. The van der Waals surface area contributed by atoms with Gasteiger partial charge in [0, 0.05) is 31.8 Å². The minimum atomic E-state index is -3.19. The summed E-state index contributed by atoms with van der Waals surface area (Å²) in [4.78, 5) is 13.9. The lowest BCUT2D eigenvalue weighted by Crippen LogP contribution is -2.38. The molecule has 2 aliphatic rings. The minimum absolute atomic E-state index is 0.0100. The molecule has 0 aromatic heterocycles. The van der Waals surface area contributed by atoms with E-state index in [1.165, 1.54) is 17.0 Å². The molecule has 0 spiro atoms. The minimum Gasteiger partial charge on any atom is -0.339 e. The highest BCUT2D eigenvalue weighted by atomic mass is 32.2. The first-order valence-electron chi connectivity index (χ1n) is 5.92. The van der Waals surface area contributed by atoms with Crippen LogP contribution in [0.25, 0.3) is 0 Å². The Bertz CT molecular complexity index is 436. The van der Waals surface area contributed by atoms with Gasteiger partial charge in [0.15, 0.2) is 0 Å². The van der Waals surface area contributed by atoms with E-state index in [2.05, 4.69) is 0 Å². The quantitative estimate of drug-likeness (QED) is 0.711. The molecule has 0 aliphatic carbocycles. The monoisotopic (exact) mass is 258 g/mol. The molecule has 0 aromatic rings. The Morgan fingerprint density at radius 1 is 1.24 bits per heavy atom. The summed E-state index contributed by atoms with van der Waals surface area (Å²) in [7, 11) is -3.19. The highest BCUT2D eigenvalue weighted by Gasteiger charge is 2.28. The molecule has 1 saturated heterocycles. The fraction of sp³-hybridized carbons (Fsp3) is 0.727. The van der Waals surface area contributed by atoms with Crippen molar-refractivity contribution >= 4 is 15.9 Å². The Hall–Kier alpha value is -0.880. The molecule has 0 unspecified atom stereocenters. The molecular weight excluding hydrogens is 240 g/mol. The predicted molar refractivity (Wildman–Crippen MR) is 64.9 cm³/mol. The molecule has 1 fully saturated rings. The van der Waals surface area contributed by atoms with Crippen molar-refractivity contribution in [1.29, 1.82) is 0 Å². The molecule has 0 radical (unpaired) electrons. The molecule has 2 heterocycles. The Morgan fingerprint density at radius 2 is 1.88 bits per heavy atom. The summed E-state index contributed by atoms with van der Waals surface area (Å²) >= 11 is 0. The van der Waals surface area contributed by atoms with E-state index in [-0.39, 0.29) is 12.5 Å². The number of amides is 1. The van der Waals surface area contributed by atoms with E-state index in [4.69, 9.17) is 0 Å². The summed E-state index contributed by atoms with van der Waals surface area (Å²) in [5.41, 5.74) is 0.623. The summed E-state index contributed by atoms with van der Waals surface area (Å²) in [6, 6.07) is 0. The molecule has 17 heavy (non-hydrogen) atoms. The van der Waals surface area contributed by atoms with Gasteiger partial charge in [0.1, 0.15) is 0 Å². The molecule has 6 heteroatoms. The van der Waals surface area contributed by atoms with Crippen molar-refractivity contribution in [3.05, 3.63) is 11.6 Å². The predicted octanol–water partition coefficient (Wildman–Crippen LogP) is 0.200. The summed E-state index contributed by atoms with van der Waals surface area (Å²) in [5, 5.41) is 0. The molecule has 96 valence electrons. The van der Waals surface area contributed by atoms with Gasteiger partial charge in [-0.1, -0.05) is 6.08 Å². The van der Waals surface area contributed by atoms with Gasteiger partial charge >= 0.3 is 0 Å². The van der Waals surface area contributed by atoms with Crippen LogP contribution in [-0.4, -0.2) is 56.0 Å². The van der Waals surface area contributed by atoms with E-state index in [1.54, 1.807) is 6.08 Å². The molecule has 5 nitrogen and oxygen atoms in total. The van der Waals surface area contributed by atoms with E-state index in [0.29, 0.717) is 12.1 Å². The fourth-order valence-corrected chi connectivity index (χ4v) is 2.96. The Kier molecular flexibility index (Phi) is 3.53. The third-order valence-electron chi connectivity index (χ3n) is 3.28. The van der Waals surface area contributed by atoms with Gasteiger partial charge in [-0.15, -0.1) is 0 Å². The van der Waals surface area contributed by atoms with Crippen molar-refractivity contribution in [2.45, 2.75) is 19.3 Å². The summed E-state index contributed by atoms with van der Waals surface area (Å²) in [6.45, 7) is 2.16. The molecule has 0 bridgehead atoms. The van der Waals surface area contributed by atoms with Crippen molar-refractivity contribution in [3.63, 3.8) is 0 Å². The lowest BCUT2D eigenvalue weighted by Gasteiger charge is -2.27. The number of carbonyl (C=O) groups excluding carboxylic acids is 1. The van der Waals surface area contributed by atoms with Gasteiger partial charge in [-0.2, -0.15) is 4.31 Å². The number of nitrogens with zero attached hydrogens (tertiary/aromatic N) is 2. The number of likely N-dealkylation sites (tertiary alicyclic amines) is 1. The second-order valence-corrected chi connectivity index (χ2v) is 6.62. The molecule has 0 aromatic carbocycles. The van der Waals surface area contributed by atoms with Crippen LogP contribution in [0.5, 0.6) is 0 Å². The number of piperidine rings is 1. The first kappa shape index (κ1) is 12.6. The van der Waals surface area contributed by atoms with Gasteiger partial charge in [-0.25, -0.2) is 8.42 Å². The largest absolute Gasteiger partial charge is 0.339 e. The first-order valence-corrected chi connectivity index (χ1v) is 7.77. The maximum atomic E-state index is 12.1. The first-order chi connectivity index (χ1) is 7.98. The van der Waals surface area contributed by atoms with Crippen LogP contribution in [0.1, 0.15) is 19.3 Å². The second-order valence-electron chi connectivity index (χ2n) is 4.64. The SMILES string of the molecule is CS(=O)(=O)N1CC=C(C(=O)N2CCCCC2)C1. The van der Waals surface area contributed by atoms with Crippen molar-refractivity contribution in [1.82, 2.24) is 9.21 Å². The highest BCUT2D eigenvalue weighted by molar-refractivity contribution is 7.88. The maximum absolute atomic E-state index is 12.1. The van der Waals surface area contributed by atoms with Crippen molar-refractivity contribution in [2.75, 3.05) is 32.4 Å². The van der Waals surface area contributed by atoms with Crippen LogP contribution in [0.2, 0.25) is 0 Å². The van der Waals surface area contributed by atoms with E-state index < -0.39 is 10.0 Å². The molecule has 0 N–H and O–H groups in total. The Labute approximate surface area is 102 Å². The highest BCUT2D eigenvalue weighted by Crippen LogP contribution is 2.17. The Morgan fingerprint density at radius 3 is 2.41 bits per heavy atom. The smallest absolute Gasteiger partial charge is 0.250 e. The Balaban J connectivity index is 1.98. The average molecular weight is 258 g/mol. The van der Waals surface area contributed by atoms with Crippen molar-refractivity contribution < 1.29 is 13.2 Å². The van der Waals surface area contributed by atoms with E-state index in [0.717, 1.165) is 25.9 Å². The van der Waals surface area contributed by atoms with Gasteiger partial charge in [-0.3, -0.25) is 4.79 Å². The van der Waals surface area contributed by atoms with Crippen LogP contribution in [0.3, 0.4) is 0 Å². The molecule has 2 rings (SSSR count). The number of hydrogen-bond acceptors (Lipinski definition) is 3. The fourth-order valence-electron chi connectivity index (χ4n) is 2.24. The number of carbonyl (C=O) groups is 1. The standard InChI is InChI=1S/C11H18N2O3S/c1-17(15,16)13-8-5-10(9-13)11(14)12-6-3-2-4-7-12/h5H,2-4,6-9H2,1H3. The van der Waals surface area contributed by atoms with E-state index >= 15 is 0 Å². The van der Waals surface area contributed by atoms with Crippen LogP contribution in [-0.2, 0) is 14.8 Å². The van der Waals surface area contributed by atoms with Crippen LogP contribution in [0.15, 0.2) is 11.6 Å². The normalized spacial score (nSPS) is 22.6. The van der Waals surface area contributed by atoms with Crippen molar-refractivity contribution in [2.24, 2.45) is 0 Å². The summed E-state index contributed by atoms with van der Waals surface area (Å²) < 4.78 is 24.0. The van der Waals surface area contributed by atoms with Gasteiger partial charge in [0.25, 0.3) is 5.91 Å².